The van der Waals surface area contributed by atoms with Crippen molar-refractivity contribution in [3.8, 4) is 11.5 Å². The highest BCUT2D eigenvalue weighted by molar-refractivity contribution is 5.42. The Morgan fingerprint density at radius 2 is 1.40 bits per heavy atom. The highest BCUT2D eigenvalue weighted by Crippen LogP contribution is 2.37. The fraction of sp³-hybridized carbons (Fsp3) is 0.625. The second-order valence-corrected chi connectivity index (χ2v) is 6.15. The van der Waals surface area contributed by atoms with Crippen LogP contribution in [0.3, 0.4) is 0 Å². The van der Waals surface area contributed by atoms with E-state index in [2.05, 4.69) is 0 Å². The summed E-state index contributed by atoms with van der Waals surface area (Å²) in [6.45, 7) is 11.3. The first-order valence-electron chi connectivity index (χ1n) is 6.97. The van der Waals surface area contributed by atoms with Crippen LogP contribution in [-0.2, 0) is 0 Å². The molecule has 0 aliphatic rings. The Hall–Kier alpha value is -1.32. The van der Waals surface area contributed by atoms with Crippen molar-refractivity contribution in [3.05, 3.63) is 23.8 Å². The molecule has 0 aliphatic heterocycles. The second kappa shape index (κ2) is 5.98. The van der Waals surface area contributed by atoms with Gasteiger partial charge in [-0.1, -0.05) is 13.8 Å². The molecule has 0 spiro atoms. The minimum atomic E-state index is -0.742. The molecule has 4 heteroatoms. The number of rotatable bonds is 6. The molecule has 0 N–H and O–H groups in total. The Labute approximate surface area is 120 Å². The maximum absolute atomic E-state index is 14.0. The van der Waals surface area contributed by atoms with E-state index in [1.807, 2.05) is 41.5 Å². The van der Waals surface area contributed by atoms with Crippen LogP contribution in [0.1, 0.15) is 54.4 Å². The van der Waals surface area contributed by atoms with E-state index in [-0.39, 0.29) is 11.5 Å². The Bertz CT molecular complexity index is 468. The van der Waals surface area contributed by atoms with Crippen molar-refractivity contribution in [2.24, 2.45) is 0 Å². The van der Waals surface area contributed by atoms with Gasteiger partial charge in [-0.25, -0.2) is 8.78 Å². The fourth-order valence-electron chi connectivity index (χ4n) is 1.43. The van der Waals surface area contributed by atoms with Gasteiger partial charge in [0.1, 0.15) is 17.0 Å². The van der Waals surface area contributed by atoms with Crippen molar-refractivity contribution < 1.29 is 18.3 Å². The predicted molar refractivity (Wildman–Crippen MR) is 76.4 cm³/mol. The molecule has 0 amide bonds. The minimum absolute atomic E-state index is 0.0280. The van der Waals surface area contributed by atoms with E-state index in [1.54, 1.807) is 0 Å². The molecule has 0 saturated carbocycles. The summed E-state index contributed by atoms with van der Waals surface area (Å²) in [5.74, 6) is -1.34. The third kappa shape index (κ3) is 4.36. The maximum Gasteiger partial charge on any atom is 0.197 e. The maximum atomic E-state index is 14.0. The molecule has 0 aromatic heterocycles. The first kappa shape index (κ1) is 16.7. The molecular weight excluding hydrogens is 262 g/mol. The molecule has 1 aromatic rings. The van der Waals surface area contributed by atoms with Crippen LogP contribution in [0.25, 0.3) is 0 Å². The molecule has 0 heterocycles. The van der Waals surface area contributed by atoms with E-state index in [0.29, 0.717) is 12.8 Å². The minimum Gasteiger partial charge on any atom is -0.484 e. The van der Waals surface area contributed by atoms with Crippen LogP contribution in [0.5, 0.6) is 11.5 Å². The quantitative estimate of drug-likeness (QED) is 0.724. The van der Waals surface area contributed by atoms with Gasteiger partial charge in [0.25, 0.3) is 0 Å². The number of hydrogen-bond acceptors (Lipinski definition) is 2. The molecule has 1 rings (SSSR count). The van der Waals surface area contributed by atoms with E-state index < -0.39 is 22.8 Å². The van der Waals surface area contributed by atoms with E-state index in [1.165, 1.54) is 6.07 Å². The molecule has 0 saturated heterocycles. The number of benzene rings is 1. The summed E-state index contributed by atoms with van der Waals surface area (Å²) in [5.41, 5.74) is -1.07. The molecule has 0 radical (unpaired) electrons. The molecule has 20 heavy (non-hydrogen) atoms. The number of ether oxygens (including phenoxy) is 2. The van der Waals surface area contributed by atoms with Crippen molar-refractivity contribution >= 4 is 0 Å². The zero-order chi connectivity index (χ0) is 15.6. The Balaban J connectivity index is 3.21. The summed E-state index contributed by atoms with van der Waals surface area (Å²) >= 11 is 0. The van der Waals surface area contributed by atoms with Crippen molar-refractivity contribution in [2.45, 2.75) is 65.6 Å². The monoisotopic (exact) mass is 286 g/mol. The summed E-state index contributed by atoms with van der Waals surface area (Å²) in [7, 11) is 0. The van der Waals surface area contributed by atoms with Crippen molar-refractivity contribution in [1.82, 2.24) is 0 Å². The third-order valence-corrected chi connectivity index (χ3v) is 3.44. The molecular formula is C16H24F2O2. The summed E-state index contributed by atoms with van der Waals surface area (Å²) in [6, 6.07) is 1.98. The third-order valence-electron chi connectivity index (χ3n) is 3.44. The average Bonchev–Trinajstić information content (AvgIpc) is 2.33. The van der Waals surface area contributed by atoms with Crippen LogP contribution in [0.15, 0.2) is 12.1 Å². The zero-order valence-corrected chi connectivity index (χ0v) is 13.1. The lowest BCUT2D eigenvalue weighted by Crippen LogP contribution is -2.30. The number of hydrogen-bond donors (Lipinski definition) is 0. The molecule has 0 aliphatic carbocycles. The lowest BCUT2D eigenvalue weighted by Gasteiger charge is -2.30. The normalized spacial score (nSPS) is 12.4. The first-order chi connectivity index (χ1) is 9.10. The van der Waals surface area contributed by atoms with E-state index in [4.69, 9.17) is 9.47 Å². The second-order valence-electron chi connectivity index (χ2n) is 6.15. The van der Waals surface area contributed by atoms with Gasteiger partial charge in [0, 0.05) is 12.1 Å². The summed E-state index contributed by atoms with van der Waals surface area (Å²) in [6.07, 6.45) is 1.40. The summed E-state index contributed by atoms with van der Waals surface area (Å²) in [4.78, 5) is 0. The topological polar surface area (TPSA) is 18.5 Å². The Morgan fingerprint density at radius 1 is 0.900 bits per heavy atom. The van der Waals surface area contributed by atoms with Gasteiger partial charge in [-0.05, 0) is 40.5 Å². The Morgan fingerprint density at radius 3 is 1.90 bits per heavy atom. The molecule has 0 fully saturated rings. The molecule has 0 unspecified atom stereocenters. The van der Waals surface area contributed by atoms with Crippen LogP contribution < -0.4 is 9.47 Å². The van der Waals surface area contributed by atoms with Gasteiger partial charge in [0.15, 0.2) is 17.3 Å². The van der Waals surface area contributed by atoms with Gasteiger partial charge in [-0.15, -0.1) is 0 Å². The summed E-state index contributed by atoms with van der Waals surface area (Å²) in [5, 5.41) is 0. The van der Waals surface area contributed by atoms with Gasteiger partial charge in [-0.3, -0.25) is 0 Å². The number of halogens is 2. The van der Waals surface area contributed by atoms with Crippen LogP contribution in [0.4, 0.5) is 8.78 Å². The van der Waals surface area contributed by atoms with Crippen molar-refractivity contribution in [1.29, 1.82) is 0 Å². The zero-order valence-electron chi connectivity index (χ0n) is 13.1. The van der Waals surface area contributed by atoms with E-state index in [9.17, 15) is 8.78 Å². The standard InChI is InChI=1S/C16H24F2O2/c1-7-15(3,4)19-13-10-11(17)9-12(18)14(13)20-16(5,6)8-2/h9-10H,7-8H2,1-6H3. The average molecular weight is 286 g/mol. The summed E-state index contributed by atoms with van der Waals surface area (Å²) < 4.78 is 38.9. The highest BCUT2D eigenvalue weighted by Gasteiger charge is 2.26. The van der Waals surface area contributed by atoms with E-state index in [0.717, 1.165) is 6.07 Å². The molecule has 1 aromatic carbocycles. The lowest BCUT2D eigenvalue weighted by atomic mass is 10.1. The largest absolute Gasteiger partial charge is 0.484 e. The molecule has 2 nitrogen and oxygen atoms in total. The molecule has 0 atom stereocenters. The molecule has 114 valence electrons. The first-order valence-corrected chi connectivity index (χ1v) is 6.97. The van der Waals surface area contributed by atoms with Crippen LogP contribution in [-0.4, -0.2) is 11.2 Å². The van der Waals surface area contributed by atoms with Gasteiger partial charge < -0.3 is 9.47 Å². The highest BCUT2D eigenvalue weighted by atomic mass is 19.1. The van der Waals surface area contributed by atoms with Crippen LogP contribution in [0, 0.1) is 11.6 Å². The van der Waals surface area contributed by atoms with Crippen molar-refractivity contribution in [2.75, 3.05) is 0 Å². The van der Waals surface area contributed by atoms with E-state index >= 15 is 0 Å². The Kier molecular flexibility index (Phi) is 5.00. The van der Waals surface area contributed by atoms with Gasteiger partial charge in [0.05, 0.1) is 0 Å². The van der Waals surface area contributed by atoms with Crippen molar-refractivity contribution in [3.63, 3.8) is 0 Å². The van der Waals surface area contributed by atoms with Crippen LogP contribution in [0.2, 0.25) is 0 Å². The van der Waals surface area contributed by atoms with Gasteiger partial charge in [0.2, 0.25) is 0 Å². The fourth-order valence-corrected chi connectivity index (χ4v) is 1.43. The van der Waals surface area contributed by atoms with Gasteiger partial charge in [-0.2, -0.15) is 0 Å². The van der Waals surface area contributed by atoms with Crippen LogP contribution >= 0.6 is 0 Å². The predicted octanol–water partition coefficient (Wildman–Crippen LogP) is 5.10. The molecule has 0 bridgehead atoms. The SMILES string of the molecule is CCC(C)(C)Oc1cc(F)cc(F)c1OC(C)(C)CC. The lowest BCUT2D eigenvalue weighted by molar-refractivity contribution is 0.0683. The van der Waals surface area contributed by atoms with Gasteiger partial charge >= 0.3 is 0 Å². The smallest absolute Gasteiger partial charge is 0.197 e.